The van der Waals surface area contributed by atoms with Gasteiger partial charge in [0, 0.05) is 18.7 Å². The van der Waals surface area contributed by atoms with Gasteiger partial charge in [0.1, 0.15) is 0 Å². The number of rotatable bonds is 3. The first kappa shape index (κ1) is 13.5. The molecule has 0 saturated carbocycles. The lowest BCUT2D eigenvalue weighted by Gasteiger charge is -2.11. The van der Waals surface area contributed by atoms with Crippen molar-refractivity contribution in [3.63, 3.8) is 0 Å². The molecular formula is C12H16N2O3S2. The van der Waals surface area contributed by atoms with E-state index in [9.17, 15) is 4.79 Å². The van der Waals surface area contributed by atoms with E-state index in [1.165, 1.54) is 11.8 Å². The second-order valence-electron chi connectivity index (χ2n) is 4.65. The molecule has 1 unspecified atom stereocenters. The first-order valence-electron chi connectivity index (χ1n) is 6.27. The zero-order valence-corrected chi connectivity index (χ0v) is 12.6. The predicted octanol–water partition coefficient (Wildman–Crippen LogP) is 1.28. The third-order valence-electron chi connectivity index (χ3n) is 3.12. The van der Waals surface area contributed by atoms with Gasteiger partial charge >= 0.3 is 0 Å². The SMILES string of the molecule is CC1Cc2nc(SCC3OCCO3)n(C)c(=O)c2S1. The molecule has 1 atom stereocenters. The molecule has 7 heteroatoms. The van der Waals surface area contributed by atoms with Crippen molar-refractivity contribution in [1.29, 1.82) is 0 Å². The van der Waals surface area contributed by atoms with Gasteiger partial charge in [0.15, 0.2) is 11.4 Å². The zero-order chi connectivity index (χ0) is 13.4. The molecule has 3 heterocycles. The first-order chi connectivity index (χ1) is 9.15. The summed E-state index contributed by atoms with van der Waals surface area (Å²) in [7, 11) is 1.78. The quantitative estimate of drug-likeness (QED) is 0.619. The minimum absolute atomic E-state index is 0.0649. The maximum Gasteiger partial charge on any atom is 0.267 e. The van der Waals surface area contributed by atoms with E-state index < -0.39 is 0 Å². The van der Waals surface area contributed by atoms with Crippen molar-refractivity contribution in [2.24, 2.45) is 7.05 Å². The summed E-state index contributed by atoms with van der Waals surface area (Å²) in [6.45, 7) is 3.42. The third-order valence-corrected chi connectivity index (χ3v) is 5.39. The highest BCUT2D eigenvalue weighted by molar-refractivity contribution is 8.00. The number of aromatic nitrogens is 2. The molecule has 5 nitrogen and oxygen atoms in total. The fourth-order valence-corrected chi connectivity index (χ4v) is 4.23. The van der Waals surface area contributed by atoms with Crippen molar-refractivity contribution in [2.45, 2.75) is 34.9 Å². The predicted molar refractivity (Wildman–Crippen MR) is 74.9 cm³/mol. The molecule has 0 bridgehead atoms. The summed E-state index contributed by atoms with van der Waals surface area (Å²) in [6.07, 6.45) is 0.698. The summed E-state index contributed by atoms with van der Waals surface area (Å²) in [5.41, 5.74) is 1.01. The molecule has 0 amide bonds. The van der Waals surface area contributed by atoms with Crippen molar-refractivity contribution in [3.05, 3.63) is 16.0 Å². The number of hydrogen-bond donors (Lipinski definition) is 0. The van der Waals surface area contributed by atoms with Gasteiger partial charge in [0.05, 0.1) is 29.6 Å². The minimum atomic E-state index is -0.177. The molecule has 1 fully saturated rings. The van der Waals surface area contributed by atoms with E-state index in [4.69, 9.17) is 9.47 Å². The van der Waals surface area contributed by atoms with Crippen molar-refractivity contribution in [3.8, 4) is 0 Å². The van der Waals surface area contributed by atoms with Crippen LogP contribution < -0.4 is 5.56 Å². The Morgan fingerprint density at radius 1 is 1.47 bits per heavy atom. The Hall–Kier alpha value is -0.500. The van der Waals surface area contributed by atoms with Gasteiger partial charge in [-0.2, -0.15) is 0 Å². The second-order valence-corrected chi connectivity index (χ2v) is 7.08. The molecule has 2 aliphatic heterocycles. The number of fused-ring (bicyclic) bond motifs is 1. The van der Waals surface area contributed by atoms with Gasteiger partial charge in [0.2, 0.25) is 0 Å². The Morgan fingerprint density at radius 3 is 2.95 bits per heavy atom. The van der Waals surface area contributed by atoms with Crippen LogP contribution in [0.25, 0.3) is 0 Å². The lowest BCUT2D eigenvalue weighted by molar-refractivity contribution is -0.0215. The van der Waals surface area contributed by atoms with Gasteiger partial charge in [-0.1, -0.05) is 18.7 Å². The molecule has 1 aromatic heterocycles. The first-order valence-corrected chi connectivity index (χ1v) is 8.14. The number of hydrogen-bond acceptors (Lipinski definition) is 6. The van der Waals surface area contributed by atoms with Gasteiger partial charge in [-0.3, -0.25) is 9.36 Å². The van der Waals surface area contributed by atoms with E-state index >= 15 is 0 Å². The van der Waals surface area contributed by atoms with Crippen LogP contribution in [0.15, 0.2) is 14.8 Å². The molecule has 1 saturated heterocycles. The highest BCUT2D eigenvalue weighted by atomic mass is 32.2. The molecule has 104 valence electrons. The fraction of sp³-hybridized carbons (Fsp3) is 0.667. The average molecular weight is 300 g/mol. The van der Waals surface area contributed by atoms with Crippen LogP contribution in [-0.4, -0.2) is 40.1 Å². The van der Waals surface area contributed by atoms with E-state index in [1.54, 1.807) is 23.4 Å². The zero-order valence-electron chi connectivity index (χ0n) is 10.9. The van der Waals surface area contributed by atoms with E-state index in [1.807, 2.05) is 0 Å². The smallest absolute Gasteiger partial charge is 0.267 e. The Kier molecular flexibility index (Phi) is 3.88. The molecule has 0 radical (unpaired) electrons. The van der Waals surface area contributed by atoms with Gasteiger partial charge < -0.3 is 9.47 Å². The molecule has 0 aliphatic carbocycles. The number of nitrogens with zero attached hydrogens (tertiary/aromatic N) is 2. The summed E-state index contributed by atoms with van der Waals surface area (Å²) >= 11 is 3.15. The lowest BCUT2D eigenvalue weighted by Crippen LogP contribution is -2.23. The van der Waals surface area contributed by atoms with Crippen molar-refractivity contribution in [1.82, 2.24) is 9.55 Å². The average Bonchev–Trinajstić information content (AvgIpc) is 3.01. The van der Waals surface area contributed by atoms with Crippen molar-refractivity contribution >= 4 is 23.5 Å². The molecule has 1 aromatic rings. The summed E-state index contributed by atoms with van der Waals surface area (Å²) in [5.74, 6) is 0.668. The highest BCUT2D eigenvalue weighted by Crippen LogP contribution is 2.34. The lowest BCUT2D eigenvalue weighted by atomic mass is 10.2. The fourth-order valence-electron chi connectivity index (χ4n) is 2.15. The number of thioether (sulfide) groups is 2. The van der Waals surface area contributed by atoms with Crippen LogP contribution in [0.1, 0.15) is 12.6 Å². The van der Waals surface area contributed by atoms with Gasteiger partial charge in [-0.25, -0.2) is 4.98 Å². The van der Waals surface area contributed by atoms with Crippen molar-refractivity contribution < 1.29 is 9.47 Å². The van der Waals surface area contributed by atoms with Gasteiger partial charge in [-0.05, 0) is 0 Å². The van der Waals surface area contributed by atoms with Crippen LogP contribution in [0.2, 0.25) is 0 Å². The molecule has 0 N–H and O–H groups in total. The standard InChI is InChI=1S/C12H16N2O3S2/c1-7-5-8-10(19-7)11(15)14(2)12(13-8)18-6-9-16-3-4-17-9/h7,9H,3-6H2,1-2H3. The van der Waals surface area contributed by atoms with Gasteiger partial charge in [-0.15, -0.1) is 11.8 Å². The van der Waals surface area contributed by atoms with E-state index in [0.29, 0.717) is 24.2 Å². The van der Waals surface area contributed by atoms with Crippen LogP contribution >= 0.6 is 23.5 Å². The molecule has 3 rings (SSSR count). The maximum atomic E-state index is 12.2. The Morgan fingerprint density at radius 2 is 2.21 bits per heavy atom. The minimum Gasteiger partial charge on any atom is -0.349 e. The number of ether oxygens (including phenoxy) is 2. The maximum absolute atomic E-state index is 12.2. The van der Waals surface area contributed by atoms with Crippen LogP contribution in [0, 0.1) is 0 Å². The van der Waals surface area contributed by atoms with Crippen LogP contribution in [-0.2, 0) is 22.9 Å². The largest absolute Gasteiger partial charge is 0.349 e. The van der Waals surface area contributed by atoms with E-state index in [0.717, 1.165) is 22.2 Å². The van der Waals surface area contributed by atoms with Gasteiger partial charge in [0.25, 0.3) is 5.56 Å². The normalized spacial score (nSPS) is 22.9. The van der Waals surface area contributed by atoms with Crippen LogP contribution in [0.5, 0.6) is 0 Å². The van der Waals surface area contributed by atoms with Crippen molar-refractivity contribution in [2.75, 3.05) is 19.0 Å². The Labute approximate surface area is 120 Å². The Bertz CT molecular complexity index is 541. The third kappa shape index (κ3) is 2.69. The molecule has 2 aliphatic rings. The second kappa shape index (κ2) is 5.47. The van der Waals surface area contributed by atoms with E-state index in [-0.39, 0.29) is 11.8 Å². The monoisotopic (exact) mass is 300 g/mol. The Balaban J connectivity index is 1.80. The summed E-state index contributed by atoms with van der Waals surface area (Å²) in [5, 5.41) is 1.19. The molecule has 19 heavy (non-hydrogen) atoms. The summed E-state index contributed by atoms with van der Waals surface area (Å²) < 4.78 is 12.4. The van der Waals surface area contributed by atoms with Crippen LogP contribution in [0.4, 0.5) is 0 Å². The summed E-state index contributed by atoms with van der Waals surface area (Å²) in [6, 6.07) is 0. The van der Waals surface area contributed by atoms with E-state index in [2.05, 4.69) is 11.9 Å². The topological polar surface area (TPSA) is 53.4 Å². The molecule has 0 spiro atoms. The van der Waals surface area contributed by atoms with Crippen LogP contribution in [0.3, 0.4) is 0 Å². The summed E-state index contributed by atoms with van der Waals surface area (Å²) in [4.78, 5) is 17.7. The highest BCUT2D eigenvalue weighted by Gasteiger charge is 2.26. The molecule has 0 aromatic carbocycles. The molecular weight excluding hydrogens is 284 g/mol.